The van der Waals surface area contributed by atoms with E-state index in [1.54, 1.807) is 7.11 Å². The maximum atomic E-state index is 14.0. The van der Waals surface area contributed by atoms with Crippen molar-refractivity contribution in [2.75, 3.05) is 52.5 Å². The Bertz CT molecular complexity index is 960. The van der Waals surface area contributed by atoms with Crippen molar-refractivity contribution >= 4 is 22.1 Å². The monoisotopic (exact) mass is 592 g/mol. The number of esters is 2. The van der Waals surface area contributed by atoms with Gasteiger partial charge in [-0.2, -0.15) is 26.0 Å². The minimum Gasteiger partial charge on any atom is -0.463 e. The quantitative estimate of drug-likeness (QED) is 0.116. The van der Waals surface area contributed by atoms with Crippen LogP contribution in [0.5, 0.6) is 0 Å². The highest BCUT2D eigenvalue weighted by Gasteiger charge is 2.63. The van der Waals surface area contributed by atoms with Crippen molar-refractivity contribution in [1.29, 1.82) is 0 Å². The summed E-state index contributed by atoms with van der Waals surface area (Å²) in [6.45, 7) is 1.78. The largest absolute Gasteiger partial charge is 0.463 e. The number of hydrogen-bond donors (Lipinski definition) is 1. The maximum Gasteiger partial charge on any atom is 0.326 e. The van der Waals surface area contributed by atoms with Gasteiger partial charge in [0.2, 0.25) is 0 Å². The first kappa shape index (κ1) is 32.0. The number of methoxy groups -OCH3 is 1. The number of hydrogen-bond acceptors (Lipinski definition) is 9. The van der Waals surface area contributed by atoms with Gasteiger partial charge in [0.05, 0.1) is 44.9 Å². The maximum absolute atomic E-state index is 14.0. The molecule has 226 valence electrons. The van der Waals surface area contributed by atoms with Crippen LogP contribution in [0.3, 0.4) is 0 Å². The molecule has 10 nitrogen and oxygen atoms in total. The smallest absolute Gasteiger partial charge is 0.326 e. The van der Waals surface area contributed by atoms with Gasteiger partial charge in [-0.05, 0) is 43.9 Å². The lowest BCUT2D eigenvalue weighted by molar-refractivity contribution is -0.218. The van der Waals surface area contributed by atoms with E-state index in [1.165, 1.54) is 0 Å². The lowest BCUT2D eigenvalue weighted by atomic mass is 9.48. The summed E-state index contributed by atoms with van der Waals surface area (Å²) in [7, 11) is -3.81. The average molecular weight is 593 g/mol. The van der Waals surface area contributed by atoms with Crippen LogP contribution < -0.4 is 0 Å². The van der Waals surface area contributed by atoms with Gasteiger partial charge in [-0.25, -0.2) is 0 Å². The van der Waals surface area contributed by atoms with Crippen LogP contribution in [0, 0.1) is 17.3 Å². The van der Waals surface area contributed by atoms with Crippen molar-refractivity contribution in [2.24, 2.45) is 17.3 Å². The molecule has 0 aliphatic heterocycles. The second-order valence-electron chi connectivity index (χ2n) is 10.9. The summed E-state index contributed by atoms with van der Waals surface area (Å²) in [6.07, 6.45) is 0.210. The molecule has 2 atom stereocenters. The van der Waals surface area contributed by atoms with E-state index in [4.69, 9.17) is 28.2 Å². The van der Waals surface area contributed by atoms with Gasteiger partial charge in [-0.1, -0.05) is 0 Å². The van der Waals surface area contributed by atoms with Crippen molar-refractivity contribution in [1.82, 2.24) is 0 Å². The second kappa shape index (κ2) is 12.5. The molecule has 4 rings (SSSR count). The van der Waals surface area contributed by atoms with Gasteiger partial charge in [0, 0.05) is 20.0 Å². The zero-order valence-electron chi connectivity index (χ0n) is 21.8. The molecular formula is C24H36F4O10S. The number of ether oxygens (including phenoxy) is 5. The molecule has 0 saturated heterocycles. The van der Waals surface area contributed by atoms with Crippen LogP contribution in [0.15, 0.2) is 0 Å². The third kappa shape index (κ3) is 8.47. The molecule has 4 aliphatic rings. The van der Waals surface area contributed by atoms with Crippen LogP contribution >= 0.6 is 0 Å². The summed E-state index contributed by atoms with van der Waals surface area (Å²) >= 11 is 0. The fraction of sp³-hybridized carbons (Fsp3) is 0.917. The molecule has 0 heterocycles. The van der Waals surface area contributed by atoms with Crippen LogP contribution in [-0.4, -0.2) is 94.9 Å². The SMILES string of the molecule is COCCOCCOCCOC(=O)C12CC3CC(CC(OC(=O)CCC(F)(F)C(F)(F)CS(=O)(=O)O)(C3)C1)C2. The first-order chi connectivity index (χ1) is 18.1. The Labute approximate surface area is 224 Å². The van der Waals surface area contributed by atoms with Gasteiger partial charge in [-0.15, -0.1) is 0 Å². The Balaban J connectivity index is 1.51. The van der Waals surface area contributed by atoms with E-state index in [0.717, 1.165) is 6.42 Å². The molecule has 4 aliphatic carbocycles. The van der Waals surface area contributed by atoms with Gasteiger partial charge < -0.3 is 23.7 Å². The van der Waals surface area contributed by atoms with Crippen molar-refractivity contribution < 1.29 is 63.8 Å². The highest BCUT2D eigenvalue weighted by atomic mass is 32.2. The Morgan fingerprint density at radius 1 is 0.897 bits per heavy atom. The lowest BCUT2D eigenvalue weighted by Gasteiger charge is -2.59. The molecule has 0 amide bonds. The van der Waals surface area contributed by atoms with E-state index in [0.29, 0.717) is 52.1 Å². The minimum atomic E-state index is -5.38. The van der Waals surface area contributed by atoms with Gasteiger partial charge in [-0.3, -0.25) is 14.1 Å². The molecule has 0 spiro atoms. The zero-order chi connectivity index (χ0) is 29.0. The Morgan fingerprint density at radius 2 is 1.46 bits per heavy atom. The summed E-state index contributed by atoms with van der Waals surface area (Å²) in [4.78, 5) is 25.6. The molecule has 4 bridgehead atoms. The number of carbonyl (C=O) groups is 2. The summed E-state index contributed by atoms with van der Waals surface area (Å²) in [5, 5.41) is 0. The van der Waals surface area contributed by atoms with E-state index >= 15 is 0 Å². The number of carbonyl (C=O) groups excluding carboxylic acids is 2. The summed E-state index contributed by atoms with van der Waals surface area (Å²) < 4.78 is 112. The van der Waals surface area contributed by atoms with Gasteiger partial charge >= 0.3 is 23.8 Å². The highest BCUT2D eigenvalue weighted by molar-refractivity contribution is 7.85. The van der Waals surface area contributed by atoms with Crippen LogP contribution in [0.2, 0.25) is 0 Å². The Kier molecular flexibility index (Phi) is 10.3. The molecule has 0 aromatic heterocycles. The second-order valence-corrected chi connectivity index (χ2v) is 12.3. The summed E-state index contributed by atoms with van der Waals surface area (Å²) in [5.41, 5.74) is -1.97. The fourth-order valence-electron chi connectivity index (χ4n) is 6.42. The zero-order valence-corrected chi connectivity index (χ0v) is 22.6. The Morgan fingerprint density at radius 3 is 2.03 bits per heavy atom. The molecule has 0 aromatic rings. The highest BCUT2D eigenvalue weighted by Crippen LogP contribution is 2.63. The van der Waals surface area contributed by atoms with Gasteiger partial charge in [0.15, 0.2) is 0 Å². The molecule has 0 aromatic carbocycles. The lowest BCUT2D eigenvalue weighted by Crippen LogP contribution is -2.60. The van der Waals surface area contributed by atoms with Crippen molar-refractivity contribution in [3.8, 4) is 0 Å². The third-order valence-corrected chi connectivity index (χ3v) is 8.30. The van der Waals surface area contributed by atoms with Crippen LogP contribution in [0.1, 0.15) is 51.4 Å². The summed E-state index contributed by atoms with van der Waals surface area (Å²) in [5.74, 6) is -13.9. The predicted molar refractivity (Wildman–Crippen MR) is 126 cm³/mol. The van der Waals surface area contributed by atoms with Crippen LogP contribution in [-0.2, 0) is 43.4 Å². The minimum absolute atomic E-state index is 0.0215. The van der Waals surface area contributed by atoms with Gasteiger partial charge in [0.1, 0.15) is 18.0 Å². The average Bonchev–Trinajstić information content (AvgIpc) is 2.79. The molecule has 4 saturated carbocycles. The van der Waals surface area contributed by atoms with E-state index < -0.39 is 63.5 Å². The first-order valence-electron chi connectivity index (χ1n) is 12.9. The van der Waals surface area contributed by atoms with E-state index in [2.05, 4.69) is 0 Å². The third-order valence-electron chi connectivity index (χ3n) is 7.58. The molecule has 4 fully saturated rings. The molecule has 2 unspecified atom stereocenters. The molecule has 39 heavy (non-hydrogen) atoms. The topological polar surface area (TPSA) is 135 Å². The fourth-order valence-corrected chi connectivity index (χ4v) is 7.09. The Hall–Kier alpha value is -1.55. The standard InChI is InChI=1S/C24H36F4O10S/c1-34-4-5-35-6-7-36-8-9-37-20(30)21-11-17-10-18(12-21)14-22(13-17,15-21)38-19(29)2-3-23(25,26)24(27,28)16-39(31,32)33/h17-18H,2-16H2,1H3,(H,31,32,33). The molecule has 0 radical (unpaired) electrons. The normalized spacial score (nSPS) is 28.5. The number of alkyl halides is 4. The molecule has 1 N–H and O–H groups in total. The predicted octanol–water partition coefficient (Wildman–Crippen LogP) is 3.03. The van der Waals surface area contributed by atoms with E-state index in [9.17, 15) is 35.6 Å². The molecule has 15 heteroatoms. The van der Waals surface area contributed by atoms with E-state index in [-0.39, 0.29) is 31.5 Å². The first-order valence-corrected chi connectivity index (χ1v) is 14.5. The van der Waals surface area contributed by atoms with Crippen molar-refractivity contribution in [3.05, 3.63) is 0 Å². The van der Waals surface area contributed by atoms with Crippen LogP contribution in [0.4, 0.5) is 17.6 Å². The molecular weight excluding hydrogens is 556 g/mol. The van der Waals surface area contributed by atoms with Crippen molar-refractivity contribution in [2.45, 2.75) is 68.8 Å². The number of rotatable bonds is 17. The van der Waals surface area contributed by atoms with Crippen LogP contribution in [0.25, 0.3) is 0 Å². The van der Waals surface area contributed by atoms with E-state index in [1.807, 2.05) is 0 Å². The summed E-state index contributed by atoms with van der Waals surface area (Å²) in [6, 6.07) is 0. The van der Waals surface area contributed by atoms with Gasteiger partial charge in [0.25, 0.3) is 10.1 Å². The van der Waals surface area contributed by atoms with Crippen molar-refractivity contribution in [3.63, 3.8) is 0 Å². The number of halogens is 4.